The van der Waals surface area contributed by atoms with Crippen molar-refractivity contribution in [1.82, 2.24) is 5.43 Å². The van der Waals surface area contributed by atoms with E-state index in [4.69, 9.17) is 17.4 Å². The molecule has 1 unspecified atom stereocenters. The number of hydrogen-bond donors (Lipinski definition) is 2. The molecule has 0 saturated heterocycles. The first-order valence-corrected chi connectivity index (χ1v) is 6.11. The number of hydrogen-bond acceptors (Lipinski definition) is 3. The summed E-state index contributed by atoms with van der Waals surface area (Å²) in [5.41, 5.74) is 3.82. The molecular weight excluding hydrogens is 300 g/mol. The van der Waals surface area contributed by atoms with E-state index >= 15 is 0 Å². The monoisotopic (exact) mass is 314 g/mol. The summed E-state index contributed by atoms with van der Waals surface area (Å²) >= 11 is 5.93. The van der Waals surface area contributed by atoms with Crippen molar-refractivity contribution >= 4 is 11.6 Å². The van der Waals surface area contributed by atoms with Gasteiger partial charge in [0.15, 0.2) is 0 Å². The van der Waals surface area contributed by atoms with Gasteiger partial charge < -0.3 is 4.74 Å². The van der Waals surface area contributed by atoms with Crippen LogP contribution in [0.1, 0.15) is 17.2 Å². The Labute approximate surface area is 119 Å². The quantitative estimate of drug-likeness (QED) is 0.462. The minimum atomic E-state index is -4.18. The lowest BCUT2D eigenvalue weighted by Gasteiger charge is -2.20. The normalized spacial score (nSPS) is 13.8. The molecule has 0 aliphatic carbocycles. The Morgan fingerprint density at radius 1 is 1.40 bits per heavy atom. The molecule has 0 spiro atoms. The van der Waals surface area contributed by atoms with Crippen LogP contribution in [0.3, 0.4) is 0 Å². The molecule has 0 aliphatic heterocycles. The third-order valence-corrected chi connectivity index (χ3v) is 3.10. The first-order valence-electron chi connectivity index (χ1n) is 5.74. The van der Waals surface area contributed by atoms with Gasteiger partial charge in [0.2, 0.25) is 0 Å². The van der Waals surface area contributed by atoms with Gasteiger partial charge in [0, 0.05) is 5.02 Å². The molecule has 1 rings (SSSR count). The van der Waals surface area contributed by atoms with Crippen LogP contribution in [0.5, 0.6) is 0 Å². The van der Waals surface area contributed by atoms with Crippen LogP contribution >= 0.6 is 11.6 Å². The van der Waals surface area contributed by atoms with Crippen molar-refractivity contribution in [2.24, 2.45) is 5.84 Å². The second kappa shape index (κ2) is 7.21. The second-order valence-corrected chi connectivity index (χ2v) is 4.71. The van der Waals surface area contributed by atoms with Gasteiger partial charge in [-0.25, -0.2) is 8.78 Å². The van der Waals surface area contributed by atoms with E-state index < -0.39 is 25.0 Å². The molecule has 0 aromatic heterocycles. The second-order valence-electron chi connectivity index (χ2n) is 4.30. The summed E-state index contributed by atoms with van der Waals surface area (Å²) in [7, 11) is 0. The van der Waals surface area contributed by atoms with E-state index in [0.29, 0.717) is 10.6 Å². The molecular formula is C12H15ClF4N2O. The van der Waals surface area contributed by atoms with Gasteiger partial charge in [-0.3, -0.25) is 11.3 Å². The van der Waals surface area contributed by atoms with Gasteiger partial charge in [0.25, 0.3) is 0 Å². The smallest absolute Gasteiger partial charge is 0.330 e. The van der Waals surface area contributed by atoms with Crippen molar-refractivity contribution in [2.45, 2.75) is 25.3 Å². The van der Waals surface area contributed by atoms with Crippen LogP contribution in [-0.2, 0) is 4.74 Å². The van der Waals surface area contributed by atoms with Crippen LogP contribution in [0.2, 0.25) is 5.02 Å². The fourth-order valence-electron chi connectivity index (χ4n) is 1.44. The number of hydrazine groups is 1. The summed E-state index contributed by atoms with van der Waals surface area (Å²) in [5.74, 6) is 1.12. The Balaban J connectivity index is 2.62. The minimum absolute atomic E-state index is 0.280. The van der Waals surface area contributed by atoms with Gasteiger partial charge in [-0.2, -0.15) is 8.78 Å². The van der Waals surface area contributed by atoms with Gasteiger partial charge in [-0.1, -0.05) is 23.7 Å². The number of nitrogens with two attached hydrogens (primary N) is 1. The number of benzene rings is 1. The van der Waals surface area contributed by atoms with Crippen molar-refractivity contribution in [3.8, 4) is 0 Å². The molecule has 1 atom stereocenters. The maximum absolute atomic E-state index is 12.7. The number of aryl methyl sites for hydroxylation is 1. The van der Waals surface area contributed by atoms with E-state index in [1.807, 2.05) is 0 Å². The molecule has 0 saturated carbocycles. The standard InChI is InChI=1S/C12H15ClF4N2O/c1-7-2-3-8(4-9(7)13)10(19-18)5-20-6-12(16,17)11(14)15/h2-4,10-11,19H,5-6,18H2,1H3. The Bertz CT molecular complexity index is 445. The third-order valence-electron chi connectivity index (χ3n) is 2.70. The number of ether oxygens (including phenoxy) is 1. The number of alkyl halides is 4. The summed E-state index contributed by atoms with van der Waals surface area (Å²) in [6.07, 6.45) is -3.76. The third kappa shape index (κ3) is 4.59. The maximum Gasteiger partial charge on any atom is 0.330 e. The van der Waals surface area contributed by atoms with Crippen LogP contribution in [0.15, 0.2) is 18.2 Å². The fraction of sp³-hybridized carbons (Fsp3) is 0.500. The van der Waals surface area contributed by atoms with E-state index in [0.717, 1.165) is 5.56 Å². The Hall–Kier alpha value is -0.890. The van der Waals surface area contributed by atoms with Crippen LogP contribution < -0.4 is 11.3 Å². The molecule has 3 N–H and O–H groups in total. The van der Waals surface area contributed by atoms with Crippen molar-refractivity contribution < 1.29 is 22.3 Å². The first kappa shape index (κ1) is 17.2. The van der Waals surface area contributed by atoms with Gasteiger partial charge in [0.1, 0.15) is 6.61 Å². The van der Waals surface area contributed by atoms with Crippen LogP contribution in [0, 0.1) is 6.92 Å². The first-order chi connectivity index (χ1) is 9.27. The predicted molar refractivity (Wildman–Crippen MR) is 68.0 cm³/mol. The summed E-state index contributed by atoms with van der Waals surface area (Å²) in [6, 6.07) is 4.41. The Morgan fingerprint density at radius 3 is 2.55 bits per heavy atom. The molecule has 1 aromatic carbocycles. The minimum Gasteiger partial charge on any atom is -0.373 e. The fourth-order valence-corrected chi connectivity index (χ4v) is 1.63. The summed E-state index contributed by atoms with van der Waals surface area (Å²) < 4.78 is 53.9. The molecule has 114 valence electrons. The molecule has 8 heteroatoms. The number of rotatable bonds is 7. The van der Waals surface area contributed by atoms with Gasteiger partial charge in [-0.05, 0) is 24.1 Å². The number of nitrogens with one attached hydrogen (secondary N) is 1. The molecule has 1 aromatic rings. The average Bonchev–Trinajstić information content (AvgIpc) is 2.38. The molecule has 0 aliphatic rings. The van der Waals surface area contributed by atoms with Crippen molar-refractivity contribution in [3.63, 3.8) is 0 Å². The SMILES string of the molecule is Cc1ccc(C(COCC(F)(F)C(F)F)NN)cc1Cl. The van der Waals surface area contributed by atoms with E-state index in [9.17, 15) is 17.6 Å². The molecule has 0 radical (unpaired) electrons. The molecule has 0 fully saturated rings. The van der Waals surface area contributed by atoms with Gasteiger partial charge in [-0.15, -0.1) is 0 Å². The predicted octanol–water partition coefficient (Wildman–Crippen LogP) is 3.07. The highest BCUT2D eigenvalue weighted by molar-refractivity contribution is 6.31. The zero-order chi connectivity index (χ0) is 15.3. The highest BCUT2D eigenvalue weighted by Gasteiger charge is 2.41. The van der Waals surface area contributed by atoms with E-state index in [1.165, 1.54) is 0 Å². The van der Waals surface area contributed by atoms with Crippen molar-refractivity contribution in [1.29, 1.82) is 0 Å². The molecule has 0 amide bonds. The van der Waals surface area contributed by atoms with Crippen LogP contribution in [0.4, 0.5) is 17.6 Å². The van der Waals surface area contributed by atoms with Crippen molar-refractivity contribution in [3.05, 3.63) is 34.3 Å². The maximum atomic E-state index is 12.7. The summed E-state index contributed by atoms with van der Waals surface area (Å²) in [6.45, 7) is 0.150. The summed E-state index contributed by atoms with van der Waals surface area (Å²) in [4.78, 5) is 0. The average molecular weight is 315 g/mol. The molecule has 0 heterocycles. The number of halogens is 5. The van der Waals surface area contributed by atoms with Gasteiger partial charge in [0.05, 0.1) is 12.6 Å². The van der Waals surface area contributed by atoms with E-state index in [-0.39, 0.29) is 6.61 Å². The van der Waals surface area contributed by atoms with Crippen molar-refractivity contribution in [2.75, 3.05) is 13.2 Å². The Kier molecular flexibility index (Phi) is 6.19. The Morgan fingerprint density at radius 2 is 2.05 bits per heavy atom. The molecule has 20 heavy (non-hydrogen) atoms. The zero-order valence-electron chi connectivity index (χ0n) is 10.7. The van der Waals surface area contributed by atoms with E-state index in [1.54, 1.807) is 25.1 Å². The highest BCUT2D eigenvalue weighted by atomic mass is 35.5. The largest absolute Gasteiger partial charge is 0.373 e. The molecule has 3 nitrogen and oxygen atoms in total. The lowest BCUT2D eigenvalue weighted by atomic mass is 10.1. The molecule has 0 bridgehead atoms. The van der Waals surface area contributed by atoms with Crippen LogP contribution in [-0.4, -0.2) is 25.6 Å². The lowest BCUT2D eigenvalue weighted by molar-refractivity contribution is -0.167. The topological polar surface area (TPSA) is 47.3 Å². The summed E-state index contributed by atoms with van der Waals surface area (Å²) in [5, 5.41) is 0.487. The van der Waals surface area contributed by atoms with Crippen LogP contribution in [0.25, 0.3) is 0 Å². The zero-order valence-corrected chi connectivity index (χ0v) is 11.4. The highest BCUT2D eigenvalue weighted by Crippen LogP contribution is 2.25. The lowest BCUT2D eigenvalue weighted by Crippen LogP contribution is -2.36. The van der Waals surface area contributed by atoms with E-state index in [2.05, 4.69) is 10.2 Å². The van der Waals surface area contributed by atoms with Gasteiger partial charge >= 0.3 is 12.3 Å².